The summed E-state index contributed by atoms with van der Waals surface area (Å²) in [6.07, 6.45) is 1.45. The Hall–Kier alpha value is -0.0800. The zero-order valence-electron chi connectivity index (χ0n) is 7.89. The third-order valence-electron chi connectivity index (χ3n) is 2.17. The van der Waals surface area contributed by atoms with E-state index in [1.807, 2.05) is 13.8 Å². The van der Waals surface area contributed by atoms with E-state index >= 15 is 0 Å². The smallest absolute Gasteiger partial charge is 0.163 e. The Morgan fingerprint density at radius 2 is 2.09 bits per heavy atom. The normalized spacial score (nSPS) is 37.1. The highest BCUT2D eigenvalue weighted by Crippen LogP contribution is 2.27. The van der Waals surface area contributed by atoms with Crippen LogP contribution in [0.1, 0.15) is 34.1 Å². The highest BCUT2D eigenvalue weighted by atomic mass is 16.7. The molecule has 0 aromatic rings. The molecular weight excluding hydrogens is 140 g/mol. The number of rotatable bonds is 1. The van der Waals surface area contributed by atoms with E-state index in [0.717, 1.165) is 13.0 Å². The molecule has 1 heterocycles. The van der Waals surface area contributed by atoms with E-state index in [1.165, 1.54) is 0 Å². The third kappa shape index (κ3) is 2.17. The molecule has 2 nitrogen and oxygen atoms in total. The highest BCUT2D eigenvalue weighted by molar-refractivity contribution is 4.73. The zero-order chi connectivity index (χ0) is 8.48. The van der Waals surface area contributed by atoms with Gasteiger partial charge in [-0.1, -0.05) is 13.8 Å². The lowest BCUT2D eigenvalue weighted by Crippen LogP contribution is -2.44. The van der Waals surface area contributed by atoms with Gasteiger partial charge in [-0.25, -0.2) is 0 Å². The molecule has 0 N–H and O–H groups in total. The summed E-state index contributed by atoms with van der Waals surface area (Å²) in [6.45, 7) is 9.10. The van der Waals surface area contributed by atoms with Gasteiger partial charge in [-0.2, -0.15) is 0 Å². The minimum atomic E-state index is -0.368. The molecular formula is C9H18O2. The maximum absolute atomic E-state index is 5.71. The molecule has 2 unspecified atom stereocenters. The number of hydrogen-bond donors (Lipinski definition) is 0. The lowest BCUT2D eigenvalue weighted by Gasteiger charge is -2.39. The average Bonchev–Trinajstić information content (AvgIpc) is 1.94. The Kier molecular flexibility index (Phi) is 2.55. The molecule has 0 amide bonds. The maximum Gasteiger partial charge on any atom is 0.163 e. The fourth-order valence-electron chi connectivity index (χ4n) is 1.44. The summed E-state index contributed by atoms with van der Waals surface area (Å²) in [5.41, 5.74) is 0. The van der Waals surface area contributed by atoms with Crippen molar-refractivity contribution in [3.8, 4) is 0 Å². The van der Waals surface area contributed by atoms with Crippen molar-refractivity contribution in [2.45, 2.75) is 46.0 Å². The monoisotopic (exact) mass is 158 g/mol. The molecule has 0 bridgehead atoms. The van der Waals surface area contributed by atoms with Crippen LogP contribution in [0.15, 0.2) is 0 Å². The fraction of sp³-hybridized carbons (Fsp3) is 1.00. The standard InChI is InChI=1S/C9H18O2/c1-5-8-7(2)6-10-9(3,4)11-8/h7-8H,5-6H2,1-4H3. The third-order valence-corrected chi connectivity index (χ3v) is 2.17. The largest absolute Gasteiger partial charge is 0.350 e. The summed E-state index contributed by atoms with van der Waals surface area (Å²) in [5.74, 6) is 0.167. The number of ether oxygens (including phenoxy) is 2. The summed E-state index contributed by atoms with van der Waals surface area (Å²) in [6, 6.07) is 0. The predicted molar refractivity (Wildman–Crippen MR) is 44.4 cm³/mol. The van der Waals surface area contributed by atoms with Gasteiger partial charge in [0.15, 0.2) is 5.79 Å². The van der Waals surface area contributed by atoms with Crippen molar-refractivity contribution in [3.05, 3.63) is 0 Å². The van der Waals surface area contributed by atoms with E-state index in [4.69, 9.17) is 9.47 Å². The van der Waals surface area contributed by atoms with E-state index < -0.39 is 0 Å². The Bertz CT molecular complexity index is 132. The van der Waals surface area contributed by atoms with Gasteiger partial charge in [0.2, 0.25) is 0 Å². The lowest BCUT2D eigenvalue weighted by molar-refractivity contribution is -0.290. The van der Waals surface area contributed by atoms with Crippen LogP contribution >= 0.6 is 0 Å². The summed E-state index contributed by atoms with van der Waals surface area (Å²) < 4.78 is 11.2. The van der Waals surface area contributed by atoms with Crippen molar-refractivity contribution in [3.63, 3.8) is 0 Å². The van der Waals surface area contributed by atoms with Gasteiger partial charge in [0.1, 0.15) is 0 Å². The van der Waals surface area contributed by atoms with Crippen LogP contribution in [0.5, 0.6) is 0 Å². The van der Waals surface area contributed by atoms with E-state index in [9.17, 15) is 0 Å². The molecule has 1 rings (SSSR count). The van der Waals surface area contributed by atoms with E-state index in [2.05, 4.69) is 13.8 Å². The summed E-state index contributed by atoms with van der Waals surface area (Å²) in [4.78, 5) is 0. The van der Waals surface area contributed by atoms with Crippen LogP contribution < -0.4 is 0 Å². The molecule has 11 heavy (non-hydrogen) atoms. The molecule has 2 heteroatoms. The van der Waals surface area contributed by atoms with Gasteiger partial charge in [0.05, 0.1) is 12.7 Å². The van der Waals surface area contributed by atoms with Crippen LogP contribution in [0.4, 0.5) is 0 Å². The summed E-state index contributed by atoms with van der Waals surface area (Å²) in [5, 5.41) is 0. The average molecular weight is 158 g/mol. The first kappa shape index (κ1) is 9.01. The van der Waals surface area contributed by atoms with E-state index in [-0.39, 0.29) is 5.79 Å². The highest BCUT2D eigenvalue weighted by Gasteiger charge is 2.32. The molecule has 0 aromatic heterocycles. The zero-order valence-corrected chi connectivity index (χ0v) is 7.89. The first-order valence-electron chi connectivity index (χ1n) is 4.37. The fourth-order valence-corrected chi connectivity index (χ4v) is 1.44. The van der Waals surface area contributed by atoms with Gasteiger partial charge >= 0.3 is 0 Å². The second kappa shape index (κ2) is 3.11. The van der Waals surface area contributed by atoms with Gasteiger partial charge in [-0.05, 0) is 20.3 Å². The van der Waals surface area contributed by atoms with Crippen LogP contribution in [0, 0.1) is 5.92 Å². The molecule has 1 saturated heterocycles. The molecule has 1 aliphatic heterocycles. The van der Waals surface area contributed by atoms with Crippen molar-refractivity contribution in [2.75, 3.05) is 6.61 Å². The topological polar surface area (TPSA) is 18.5 Å². The molecule has 0 spiro atoms. The van der Waals surface area contributed by atoms with E-state index in [0.29, 0.717) is 12.0 Å². The molecule has 0 aromatic carbocycles. The van der Waals surface area contributed by atoms with Gasteiger partial charge in [0, 0.05) is 5.92 Å². The second-order valence-electron chi connectivity index (χ2n) is 3.75. The lowest BCUT2D eigenvalue weighted by atomic mass is 10.0. The van der Waals surface area contributed by atoms with Crippen molar-refractivity contribution in [2.24, 2.45) is 5.92 Å². The first-order valence-corrected chi connectivity index (χ1v) is 4.37. The van der Waals surface area contributed by atoms with Gasteiger partial charge in [-0.15, -0.1) is 0 Å². The Morgan fingerprint density at radius 3 is 2.55 bits per heavy atom. The van der Waals surface area contributed by atoms with E-state index in [1.54, 1.807) is 0 Å². The van der Waals surface area contributed by atoms with Crippen molar-refractivity contribution in [1.82, 2.24) is 0 Å². The van der Waals surface area contributed by atoms with Gasteiger partial charge < -0.3 is 9.47 Å². The van der Waals surface area contributed by atoms with Crippen LogP contribution in [0.3, 0.4) is 0 Å². The minimum absolute atomic E-state index is 0.368. The quantitative estimate of drug-likeness (QED) is 0.582. The molecule has 0 saturated carbocycles. The Morgan fingerprint density at radius 1 is 1.45 bits per heavy atom. The van der Waals surface area contributed by atoms with Crippen molar-refractivity contribution >= 4 is 0 Å². The van der Waals surface area contributed by atoms with Crippen molar-refractivity contribution < 1.29 is 9.47 Å². The molecule has 66 valence electrons. The minimum Gasteiger partial charge on any atom is -0.350 e. The SMILES string of the molecule is CCC1OC(C)(C)OCC1C. The molecule has 1 fully saturated rings. The van der Waals surface area contributed by atoms with Crippen LogP contribution in [-0.2, 0) is 9.47 Å². The molecule has 1 aliphatic rings. The van der Waals surface area contributed by atoms with Gasteiger partial charge in [-0.3, -0.25) is 0 Å². The summed E-state index contributed by atoms with van der Waals surface area (Å²) >= 11 is 0. The van der Waals surface area contributed by atoms with Crippen LogP contribution in [0.2, 0.25) is 0 Å². The first-order chi connectivity index (χ1) is 5.05. The summed E-state index contributed by atoms with van der Waals surface area (Å²) in [7, 11) is 0. The molecule has 0 radical (unpaired) electrons. The molecule has 2 atom stereocenters. The maximum atomic E-state index is 5.71. The van der Waals surface area contributed by atoms with Gasteiger partial charge in [0.25, 0.3) is 0 Å². The second-order valence-corrected chi connectivity index (χ2v) is 3.75. The Balaban J connectivity index is 2.51. The predicted octanol–water partition coefficient (Wildman–Crippen LogP) is 2.18. The van der Waals surface area contributed by atoms with Crippen LogP contribution in [-0.4, -0.2) is 18.5 Å². The Labute approximate surface area is 68.9 Å². The molecule has 0 aliphatic carbocycles. The van der Waals surface area contributed by atoms with Crippen molar-refractivity contribution in [1.29, 1.82) is 0 Å². The van der Waals surface area contributed by atoms with Crippen LogP contribution in [0.25, 0.3) is 0 Å². The number of hydrogen-bond acceptors (Lipinski definition) is 2.